The number of ether oxygens (including phenoxy) is 1. The zero-order valence-corrected chi connectivity index (χ0v) is 14.5. The minimum absolute atomic E-state index is 0.121. The predicted molar refractivity (Wildman–Crippen MR) is 96.5 cm³/mol. The standard InChI is InChI=1S/C20H22N2O4/c23-19(24)18-14-22(20(25)26-15-17-9-5-2-6-10-17)12-11-21(18)13-16-7-3-1-4-8-16/h1-10,18H,11-15H2,(H,23,24)/t18-/m1/s1. The van der Waals surface area contributed by atoms with Gasteiger partial charge in [0.25, 0.3) is 0 Å². The van der Waals surface area contributed by atoms with Crippen molar-refractivity contribution < 1.29 is 19.4 Å². The van der Waals surface area contributed by atoms with Crippen molar-refractivity contribution in [3.63, 3.8) is 0 Å². The predicted octanol–water partition coefficient (Wildman–Crippen LogP) is 2.59. The fourth-order valence-electron chi connectivity index (χ4n) is 3.04. The molecule has 1 amide bonds. The van der Waals surface area contributed by atoms with Gasteiger partial charge in [-0.05, 0) is 11.1 Å². The van der Waals surface area contributed by atoms with E-state index in [1.54, 1.807) is 0 Å². The van der Waals surface area contributed by atoms with Crippen LogP contribution in [0.15, 0.2) is 60.7 Å². The summed E-state index contributed by atoms with van der Waals surface area (Å²) >= 11 is 0. The van der Waals surface area contributed by atoms with E-state index in [0.717, 1.165) is 11.1 Å². The summed E-state index contributed by atoms with van der Waals surface area (Å²) in [6.45, 7) is 1.79. The molecule has 0 aromatic heterocycles. The summed E-state index contributed by atoms with van der Waals surface area (Å²) in [5.74, 6) is -0.929. The highest BCUT2D eigenvalue weighted by atomic mass is 16.6. The Hall–Kier alpha value is -2.86. The van der Waals surface area contributed by atoms with Crippen molar-refractivity contribution in [1.82, 2.24) is 9.80 Å². The molecule has 1 heterocycles. The van der Waals surface area contributed by atoms with Crippen molar-refractivity contribution >= 4 is 12.1 Å². The zero-order valence-electron chi connectivity index (χ0n) is 14.5. The van der Waals surface area contributed by atoms with Crippen LogP contribution in [0.25, 0.3) is 0 Å². The van der Waals surface area contributed by atoms with Gasteiger partial charge in [-0.1, -0.05) is 60.7 Å². The lowest BCUT2D eigenvalue weighted by atomic mass is 10.1. The van der Waals surface area contributed by atoms with Crippen LogP contribution in [0.4, 0.5) is 4.79 Å². The van der Waals surface area contributed by atoms with Crippen molar-refractivity contribution in [2.45, 2.75) is 19.2 Å². The molecule has 0 bridgehead atoms. The van der Waals surface area contributed by atoms with Gasteiger partial charge in [-0.2, -0.15) is 0 Å². The molecule has 1 aliphatic rings. The fourth-order valence-corrected chi connectivity index (χ4v) is 3.04. The van der Waals surface area contributed by atoms with Crippen LogP contribution in [0, 0.1) is 0 Å². The van der Waals surface area contributed by atoms with Crippen molar-refractivity contribution in [3.8, 4) is 0 Å². The maximum Gasteiger partial charge on any atom is 0.410 e. The van der Waals surface area contributed by atoms with Crippen molar-refractivity contribution in [3.05, 3.63) is 71.8 Å². The monoisotopic (exact) mass is 354 g/mol. The topological polar surface area (TPSA) is 70.1 Å². The molecule has 0 spiro atoms. The number of benzene rings is 2. The van der Waals surface area contributed by atoms with Gasteiger partial charge in [0.1, 0.15) is 12.6 Å². The van der Waals surface area contributed by atoms with Crippen LogP contribution >= 0.6 is 0 Å². The molecule has 1 atom stereocenters. The Morgan fingerprint density at radius 1 is 0.962 bits per heavy atom. The SMILES string of the molecule is O=C(O)[C@H]1CN(C(=O)OCc2ccccc2)CCN1Cc1ccccc1. The Kier molecular flexibility index (Phi) is 5.86. The molecule has 6 heteroatoms. The minimum atomic E-state index is -0.929. The van der Waals surface area contributed by atoms with Gasteiger partial charge in [0.15, 0.2) is 0 Å². The van der Waals surface area contributed by atoms with E-state index >= 15 is 0 Å². The lowest BCUT2D eigenvalue weighted by molar-refractivity contribution is -0.145. The molecule has 1 fully saturated rings. The first-order chi connectivity index (χ1) is 12.6. The number of rotatable bonds is 5. The first-order valence-electron chi connectivity index (χ1n) is 8.60. The second-order valence-electron chi connectivity index (χ2n) is 6.30. The number of hydrogen-bond acceptors (Lipinski definition) is 4. The second kappa shape index (κ2) is 8.49. The summed E-state index contributed by atoms with van der Waals surface area (Å²) in [6, 6.07) is 18.4. The lowest BCUT2D eigenvalue weighted by Gasteiger charge is -2.38. The highest BCUT2D eigenvalue weighted by Gasteiger charge is 2.34. The quantitative estimate of drug-likeness (QED) is 0.894. The molecule has 6 nitrogen and oxygen atoms in total. The highest BCUT2D eigenvalue weighted by molar-refractivity contribution is 5.76. The first kappa shape index (κ1) is 17.9. The van der Waals surface area contributed by atoms with Crippen LogP contribution in [0.3, 0.4) is 0 Å². The molecule has 1 aliphatic heterocycles. The molecule has 1 saturated heterocycles. The molecule has 0 radical (unpaired) electrons. The number of carbonyl (C=O) groups is 2. The maximum atomic E-state index is 12.3. The number of carboxylic acid groups (broad SMARTS) is 1. The number of nitrogens with zero attached hydrogens (tertiary/aromatic N) is 2. The van der Waals surface area contributed by atoms with Crippen molar-refractivity contribution in [1.29, 1.82) is 0 Å². The first-order valence-corrected chi connectivity index (χ1v) is 8.60. The number of amides is 1. The molecular formula is C20H22N2O4. The summed E-state index contributed by atoms with van der Waals surface area (Å²) in [4.78, 5) is 27.3. The highest BCUT2D eigenvalue weighted by Crippen LogP contribution is 2.16. The van der Waals surface area contributed by atoms with Gasteiger partial charge in [0.2, 0.25) is 0 Å². The van der Waals surface area contributed by atoms with Crippen molar-refractivity contribution in [2.75, 3.05) is 19.6 Å². The van der Waals surface area contributed by atoms with E-state index in [2.05, 4.69) is 0 Å². The van der Waals surface area contributed by atoms with Gasteiger partial charge in [-0.15, -0.1) is 0 Å². The molecule has 2 aromatic rings. The van der Waals surface area contributed by atoms with Crippen LogP contribution in [0.5, 0.6) is 0 Å². The Morgan fingerprint density at radius 2 is 1.58 bits per heavy atom. The van der Waals surface area contributed by atoms with Crippen LogP contribution in [0.2, 0.25) is 0 Å². The molecular weight excluding hydrogens is 332 g/mol. The van der Waals surface area contributed by atoms with Gasteiger partial charge in [-0.3, -0.25) is 9.69 Å². The minimum Gasteiger partial charge on any atom is -0.480 e. The summed E-state index contributed by atoms with van der Waals surface area (Å²) in [5, 5.41) is 9.57. The molecule has 1 N–H and O–H groups in total. The molecule has 136 valence electrons. The maximum absolute atomic E-state index is 12.3. The Morgan fingerprint density at radius 3 is 2.19 bits per heavy atom. The lowest BCUT2D eigenvalue weighted by Crippen LogP contribution is -2.57. The van der Waals surface area contributed by atoms with E-state index in [4.69, 9.17) is 4.74 Å². The van der Waals surface area contributed by atoms with E-state index in [9.17, 15) is 14.7 Å². The van der Waals surface area contributed by atoms with E-state index in [1.165, 1.54) is 4.90 Å². The molecule has 2 aromatic carbocycles. The van der Waals surface area contributed by atoms with E-state index in [1.807, 2.05) is 65.6 Å². The van der Waals surface area contributed by atoms with Gasteiger partial charge < -0.3 is 14.7 Å². The van der Waals surface area contributed by atoms with Crippen LogP contribution in [0.1, 0.15) is 11.1 Å². The third-order valence-electron chi connectivity index (χ3n) is 4.47. The van der Waals surface area contributed by atoms with Gasteiger partial charge in [0, 0.05) is 19.6 Å². The Balaban J connectivity index is 1.58. The fraction of sp³-hybridized carbons (Fsp3) is 0.300. The summed E-state index contributed by atoms with van der Waals surface area (Å²) in [6.07, 6.45) is -0.473. The summed E-state index contributed by atoms with van der Waals surface area (Å²) in [7, 11) is 0. The summed E-state index contributed by atoms with van der Waals surface area (Å²) in [5.41, 5.74) is 1.96. The average molecular weight is 354 g/mol. The van der Waals surface area contributed by atoms with Gasteiger partial charge in [-0.25, -0.2) is 4.79 Å². The van der Waals surface area contributed by atoms with Crippen LogP contribution in [-0.4, -0.2) is 52.6 Å². The number of aliphatic carboxylic acids is 1. The normalized spacial score (nSPS) is 17.7. The number of piperazine rings is 1. The number of carboxylic acids is 1. The van der Waals surface area contributed by atoms with Crippen LogP contribution in [-0.2, 0) is 22.7 Å². The second-order valence-corrected chi connectivity index (χ2v) is 6.30. The Labute approximate surface area is 152 Å². The zero-order chi connectivity index (χ0) is 18.4. The molecule has 3 rings (SSSR count). The van der Waals surface area contributed by atoms with Crippen molar-refractivity contribution in [2.24, 2.45) is 0 Å². The third-order valence-corrected chi connectivity index (χ3v) is 4.47. The van der Waals surface area contributed by atoms with Gasteiger partial charge in [0.05, 0.1) is 6.54 Å². The average Bonchev–Trinajstić information content (AvgIpc) is 2.68. The Bertz CT molecular complexity index is 736. The van der Waals surface area contributed by atoms with Gasteiger partial charge >= 0.3 is 12.1 Å². The number of hydrogen-bond donors (Lipinski definition) is 1. The smallest absolute Gasteiger partial charge is 0.410 e. The van der Waals surface area contributed by atoms with Crippen LogP contribution < -0.4 is 0 Å². The molecule has 0 saturated carbocycles. The summed E-state index contributed by atoms with van der Waals surface area (Å²) < 4.78 is 5.32. The van der Waals surface area contributed by atoms with E-state index < -0.39 is 18.1 Å². The molecule has 26 heavy (non-hydrogen) atoms. The molecule has 0 unspecified atom stereocenters. The number of carbonyl (C=O) groups excluding carboxylic acids is 1. The molecule has 0 aliphatic carbocycles. The largest absolute Gasteiger partial charge is 0.480 e. The van der Waals surface area contributed by atoms with E-state index in [-0.39, 0.29) is 13.2 Å². The third kappa shape index (κ3) is 4.61. The van der Waals surface area contributed by atoms with E-state index in [0.29, 0.717) is 19.6 Å².